The molecule has 0 spiro atoms. The fraction of sp³-hybridized carbons (Fsp3) is 0.348. The van der Waals surface area contributed by atoms with Crippen molar-refractivity contribution in [2.24, 2.45) is 0 Å². The standard InChI is InChI=1S/C23H27N5O2/c1-16-25-21-11-9-19(12-22(21)26-16)14-28(23(29)30)15-20(27(2)3)10-8-17-4-6-18(13-24)7-5-17/h4-7,9,11-12,20H,8,10,14-15H2,1-3H3,(H,25,26)(H,29,30). The smallest absolute Gasteiger partial charge is 0.407 e. The molecule has 0 aliphatic rings. The van der Waals surface area contributed by atoms with Gasteiger partial charge in [0.25, 0.3) is 0 Å². The number of carbonyl (C=O) groups is 1. The van der Waals surface area contributed by atoms with Gasteiger partial charge in [-0.2, -0.15) is 5.26 Å². The number of nitrogens with zero attached hydrogens (tertiary/aromatic N) is 4. The monoisotopic (exact) mass is 405 g/mol. The molecule has 2 N–H and O–H groups in total. The Labute approximate surface area is 176 Å². The normalized spacial score (nSPS) is 12.1. The molecule has 3 rings (SSSR count). The van der Waals surface area contributed by atoms with Gasteiger partial charge in [0, 0.05) is 19.1 Å². The van der Waals surface area contributed by atoms with E-state index in [2.05, 4.69) is 20.9 Å². The molecule has 0 radical (unpaired) electrons. The van der Waals surface area contributed by atoms with Crippen molar-refractivity contribution in [1.82, 2.24) is 19.8 Å². The maximum atomic E-state index is 11.9. The summed E-state index contributed by atoms with van der Waals surface area (Å²) in [5.41, 5.74) is 4.50. The Kier molecular flexibility index (Phi) is 6.70. The molecule has 1 unspecified atom stereocenters. The quantitative estimate of drug-likeness (QED) is 0.594. The summed E-state index contributed by atoms with van der Waals surface area (Å²) in [7, 11) is 3.95. The second kappa shape index (κ2) is 9.42. The summed E-state index contributed by atoms with van der Waals surface area (Å²) in [4.78, 5) is 23.1. The highest BCUT2D eigenvalue weighted by atomic mass is 16.4. The van der Waals surface area contributed by atoms with E-state index in [0.29, 0.717) is 18.7 Å². The Morgan fingerprint density at radius 3 is 2.53 bits per heavy atom. The Balaban J connectivity index is 1.68. The number of imidazole rings is 1. The number of aromatic amines is 1. The van der Waals surface area contributed by atoms with Crippen molar-refractivity contribution in [3.8, 4) is 6.07 Å². The van der Waals surface area contributed by atoms with Crippen molar-refractivity contribution in [3.05, 3.63) is 65.0 Å². The lowest BCUT2D eigenvalue weighted by Gasteiger charge is -2.30. The molecule has 7 heteroatoms. The molecule has 1 amide bonds. The number of nitriles is 1. The number of carboxylic acid groups (broad SMARTS) is 1. The molecule has 0 fully saturated rings. The van der Waals surface area contributed by atoms with Crippen LogP contribution >= 0.6 is 0 Å². The number of likely N-dealkylation sites (N-methyl/N-ethyl adjacent to an activating group) is 1. The third kappa shape index (κ3) is 5.37. The zero-order valence-corrected chi connectivity index (χ0v) is 17.6. The fourth-order valence-corrected chi connectivity index (χ4v) is 3.55. The van der Waals surface area contributed by atoms with Crippen LogP contribution in [0, 0.1) is 18.3 Å². The summed E-state index contributed by atoms with van der Waals surface area (Å²) < 4.78 is 0. The fourth-order valence-electron chi connectivity index (χ4n) is 3.55. The molecular weight excluding hydrogens is 378 g/mol. The van der Waals surface area contributed by atoms with E-state index in [1.165, 1.54) is 4.90 Å². The van der Waals surface area contributed by atoms with E-state index in [4.69, 9.17) is 5.26 Å². The van der Waals surface area contributed by atoms with E-state index in [-0.39, 0.29) is 6.04 Å². The molecule has 0 aliphatic heterocycles. The number of aromatic nitrogens is 2. The van der Waals surface area contributed by atoms with Crippen molar-refractivity contribution in [3.63, 3.8) is 0 Å². The van der Waals surface area contributed by atoms with Gasteiger partial charge in [0.05, 0.1) is 22.7 Å². The van der Waals surface area contributed by atoms with Crippen LogP contribution in [-0.2, 0) is 13.0 Å². The summed E-state index contributed by atoms with van der Waals surface area (Å²) in [5, 5.41) is 18.7. The predicted molar refractivity (Wildman–Crippen MR) is 116 cm³/mol. The van der Waals surface area contributed by atoms with Gasteiger partial charge in [-0.1, -0.05) is 18.2 Å². The molecule has 1 atom stereocenters. The molecule has 0 bridgehead atoms. The zero-order chi connectivity index (χ0) is 21.7. The minimum Gasteiger partial charge on any atom is -0.465 e. The number of amides is 1. The third-order valence-electron chi connectivity index (χ3n) is 5.32. The third-order valence-corrected chi connectivity index (χ3v) is 5.32. The highest BCUT2D eigenvalue weighted by Crippen LogP contribution is 2.17. The van der Waals surface area contributed by atoms with Gasteiger partial charge in [-0.3, -0.25) is 0 Å². The van der Waals surface area contributed by atoms with Crippen molar-refractivity contribution in [2.45, 2.75) is 32.4 Å². The van der Waals surface area contributed by atoms with E-state index in [0.717, 1.165) is 40.8 Å². The zero-order valence-electron chi connectivity index (χ0n) is 17.6. The number of fused-ring (bicyclic) bond motifs is 1. The van der Waals surface area contributed by atoms with Crippen LogP contribution in [0.1, 0.15) is 28.9 Å². The summed E-state index contributed by atoms with van der Waals surface area (Å²) in [5.74, 6) is 0.840. The van der Waals surface area contributed by atoms with E-state index < -0.39 is 6.09 Å². The molecule has 156 valence electrons. The van der Waals surface area contributed by atoms with Crippen molar-refractivity contribution < 1.29 is 9.90 Å². The molecule has 0 saturated carbocycles. The van der Waals surface area contributed by atoms with Crippen LogP contribution < -0.4 is 0 Å². The first-order valence-electron chi connectivity index (χ1n) is 9.94. The lowest BCUT2D eigenvalue weighted by atomic mass is 10.0. The van der Waals surface area contributed by atoms with Gasteiger partial charge >= 0.3 is 6.09 Å². The summed E-state index contributed by atoms with van der Waals surface area (Å²) in [6.45, 7) is 2.63. The van der Waals surface area contributed by atoms with Crippen molar-refractivity contribution in [2.75, 3.05) is 20.6 Å². The number of benzene rings is 2. The van der Waals surface area contributed by atoms with Gasteiger partial charge < -0.3 is 19.9 Å². The molecule has 0 aliphatic carbocycles. The lowest BCUT2D eigenvalue weighted by Crippen LogP contribution is -2.42. The van der Waals surface area contributed by atoms with E-state index in [9.17, 15) is 9.90 Å². The SMILES string of the molecule is Cc1nc2cc(CN(CC(CCc3ccc(C#N)cc3)N(C)C)C(=O)O)ccc2[nH]1. The summed E-state index contributed by atoms with van der Waals surface area (Å²) in [6, 6.07) is 15.6. The van der Waals surface area contributed by atoms with Gasteiger partial charge in [0.1, 0.15) is 5.82 Å². The van der Waals surface area contributed by atoms with Crippen LogP contribution in [-0.4, -0.2) is 57.6 Å². The predicted octanol–water partition coefficient (Wildman–Crippen LogP) is 3.79. The average Bonchev–Trinajstić information content (AvgIpc) is 3.09. The first-order chi connectivity index (χ1) is 14.4. The Hall–Kier alpha value is -3.37. The number of nitrogens with one attached hydrogen (secondary N) is 1. The number of hydrogen-bond acceptors (Lipinski definition) is 4. The van der Waals surface area contributed by atoms with Crippen LogP contribution in [0.3, 0.4) is 0 Å². The number of rotatable bonds is 8. The minimum absolute atomic E-state index is 0.0769. The number of aryl methyl sites for hydroxylation is 2. The largest absolute Gasteiger partial charge is 0.465 e. The van der Waals surface area contributed by atoms with Crippen LogP contribution in [0.5, 0.6) is 0 Å². The van der Waals surface area contributed by atoms with Gasteiger partial charge in [0.2, 0.25) is 0 Å². The van der Waals surface area contributed by atoms with Crippen molar-refractivity contribution in [1.29, 1.82) is 5.26 Å². The van der Waals surface area contributed by atoms with Gasteiger partial charge in [-0.15, -0.1) is 0 Å². The minimum atomic E-state index is -0.932. The molecule has 30 heavy (non-hydrogen) atoms. The van der Waals surface area contributed by atoms with E-state index in [1.54, 1.807) is 0 Å². The van der Waals surface area contributed by atoms with Crippen LogP contribution in [0.4, 0.5) is 4.79 Å². The highest BCUT2D eigenvalue weighted by Gasteiger charge is 2.20. The topological polar surface area (TPSA) is 96.2 Å². The molecule has 1 aromatic heterocycles. The molecule has 0 saturated heterocycles. The van der Waals surface area contributed by atoms with Crippen molar-refractivity contribution >= 4 is 17.1 Å². The second-order valence-corrected chi connectivity index (χ2v) is 7.80. The first-order valence-corrected chi connectivity index (χ1v) is 9.94. The molecule has 1 heterocycles. The van der Waals surface area contributed by atoms with E-state index >= 15 is 0 Å². The number of H-pyrrole nitrogens is 1. The maximum absolute atomic E-state index is 11.9. The summed E-state index contributed by atoms with van der Waals surface area (Å²) >= 11 is 0. The lowest BCUT2D eigenvalue weighted by molar-refractivity contribution is 0.122. The molecular formula is C23H27N5O2. The Morgan fingerprint density at radius 1 is 1.20 bits per heavy atom. The van der Waals surface area contributed by atoms with Gasteiger partial charge in [-0.05, 0) is 69.3 Å². The first kappa shape index (κ1) is 21.3. The molecule has 2 aromatic carbocycles. The van der Waals surface area contributed by atoms with E-state index in [1.807, 2.05) is 63.5 Å². The number of hydrogen-bond donors (Lipinski definition) is 2. The van der Waals surface area contributed by atoms with Gasteiger partial charge in [-0.25, -0.2) is 9.78 Å². The Morgan fingerprint density at radius 2 is 1.90 bits per heavy atom. The Bertz CT molecular complexity index is 1050. The maximum Gasteiger partial charge on any atom is 0.407 e. The van der Waals surface area contributed by atoms with Crippen LogP contribution in [0.15, 0.2) is 42.5 Å². The molecule has 3 aromatic rings. The highest BCUT2D eigenvalue weighted by molar-refractivity contribution is 5.76. The average molecular weight is 406 g/mol. The molecule has 7 nitrogen and oxygen atoms in total. The summed E-state index contributed by atoms with van der Waals surface area (Å²) in [6.07, 6.45) is 0.708. The van der Waals surface area contributed by atoms with Crippen LogP contribution in [0.25, 0.3) is 11.0 Å². The van der Waals surface area contributed by atoms with Gasteiger partial charge in [0.15, 0.2) is 0 Å². The van der Waals surface area contributed by atoms with Crippen LogP contribution in [0.2, 0.25) is 0 Å². The second-order valence-electron chi connectivity index (χ2n) is 7.80.